The van der Waals surface area contributed by atoms with Crippen LogP contribution in [0.4, 0.5) is 0 Å². The number of hydrogen-bond donors (Lipinski definition) is 1. The van der Waals surface area contributed by atoms with Crippen molar-refractivity contribution in [1.82, 2.24) is 0 Å². The largest absolute Gasteiger partial charge is 0.425 e. The molecule has 2 nitrogen and oxygen atoms in total. The molecule has 0 amide bonds. The first-order valence-corrected chi connectivity index (χ1v) is 5.05. The second-order valence-corrected chi connectivity index (χ2v) is 3.49. The van der Waals surface area contributed by atoms with Crippen LogP contribution in [0.2, 0.25) is 6.55 Å². The summed E-state index contributed by atoms with van der Waals surface area (Å²) < 4.78 is 5.02. The summed E-state index contributed by atoms with van der Waals surface area (Å²) in [7, 11) is 4.26. The van der Waals surface area contributed by atoms with E-state index in [4.69, 9.17) is 17.0 Å². The molecule has 0 heterocycles. The summed E-state index contributed by atoms with van der Waals surface area (Å²) in [6.07, 6.45) is 0.392. The summed E-state index contributed by atoms with van der Waals surface area (Å²) in [6, 6.07) is 0. The van der Waals surface area contributed by atoms with Gasteiger partial charge in [-0.3, -0.25) is 0 Å². The Morgan fingerprint density at radius 2 is 2.33 bits per heavy atom. The number of hydrogen-bond acceptors (Lipinski definition) is 2. The highest BCUT2D eigenvalue weighted by Gasteiger charge is 2.01. The van der Waals surface area contributed by atoms with Gasteiger partial charge in [0, 0.05) is 0 Å². The lowest BCUT2D eigenvalue weighted by Gasteiger charge is -2.10. The van der Waals surface area contributed by atoms with Crippen LogP contribution >= 0.6 is 0 Å². The molecule has 4 heteroatoms. The molecule has 0 aromatic rings. The third-order valence-electron chi connectivity index (χ3n) is 0.975. The fraction of sp³-hybridized carbons (Fsp3) is 1.00. The second kappa shape index (κ2) is 5.02. The molecule has 0 saturated carbocycles. The fourth-order valence-electron chi connectivity index (χ4n) is 0.345. The van der Waals surface area contributed by atoms with Gasteiger partial charge in [0.2, 0.25) is 0 Å². The van der Waals surface area contributed by atoms with Crippen LogP contribution < -0.4 is 0 Å². The maximum absolute atomic E-state index is 8.94. The Labute approximate surface area is 59.3 Å². The molecule has 51 valence electrons. The molecule has 0 rings (SSSR count). The van der Waals surface area contributed by atoms with Crippen molar-refractivity contribution in [3.05, 3.63) is 0 Å². The normalized spacial score (nSPS) is 14.2. The van der Waals surface area contributed by atoms with Gasteiger partial charge in [-0.15, -0.1) is 0 Å². The maximum atomic E-state index is 8.94. The lowest BCUT2D eigenvalue weighted by Crippen LogP contribution is -2.22. The van der Waals surface area contributed by atoms with E-state index in [1.807, 2.05) is 13.5 Å². The van der Waals surface area contributed by atoms with Crippen molar-refractivity contribution in [1.29, 1.82) is 0 Å². The molecular formula is C5H12BO2Si. The Balaban J connectivity index is 3.06. The van der Waals surface area contributed by atoms with Crippen molar-refractivity contribution in [3.8, 4) is 0 Å². The van der Waals surface area contributed by atoms with Gasteiger partial charge < -0.3 is 9.53 Å². The lowest BCUT2D eigenvalue weighted by atomic mass is 10.3. The van der Waals surface area contributed by atoms with E-state index in [-0.39, 0.29) is 6.10 Å². The van der Waals surface area contributed by atoms with E-state index in [1.165, 1.54) is 0 Å². The van der Waals surface area contributed by atoms with E-state index in [2.05, 4.69) is 0 Å². The maximum Gasteiger partial charge on any atom is 0.151 e. The first-order chi connectivity index (χ1) is 4.16. The van der Waals surface area contributed by atoms with E-state index < -0.39 is 8.91 Å². The molecule has 9 heavy (non-hydrogen) atoms. The van der Waals surface area contributed by atoms with E-state index in [1.54, 1.807) is 0 Å². The Hall–Kier alpha value is 0.202. The molecule has 0 aliphatic carbocycles. The predicted molar refractivity (Wildman–Crippen MR) is 39.6 cm³/mol. The Morgan fingerprint density at radius 1 is 1.78 bits per heavy atom. The van der Waals surface area contributed by atoms with E-state index in [0.717, 1.165) is 6.42 Å². The zero-order chi connectivity index (χ0) is 7.28. The lowest BCUT2D eigenvalue weighted by molar-refractivity contribution is 0.106. The summed E-state index contributed by atoms with van der Waals surface area (Å²) in [4.78, 5) is 0. The van der Waals surface area contributed by atoms with E-state index >= 15 is 0 Å². The van der Waals surface area contributed by atoms with Gasteiger partial charge in [-0.1, -0.05) is 13.5 Å². The molecule has 0 fully saturated rings. The molecule has 0 aliphatic rings. The minimum Gasteiger partial charge on any atom is -0.425 e. The zero-order valence-electron chi connectivity index (χ0n) is 5.92. The van der Waals surface area contributed by atoms with Gasteiger partial charge in [0.15, 0.2) is 8.91 Å². The molecule has 0 bridgehead atoms. The number of aliphatic hydroxyl groups excluding tert-OH is 1. The van der Waals surface area contributed by atoms with Crippen LogP contribution in [-0.4, -0.2) is 34.2 Å². The fourth-order valence-corrected chi connectivity index (χ4v) is 0.801. The molecule has 0 aromatic heterocycles. The predicted octanol–water partition coefficient (Wildman–Crippen LogP) is 0.0604. The molecule has 0 aromatic carbocycles. The third kappa shape index (κ3) is 6.08. The van der Waals surface area contributed by atoms with Gasteiger partial charge >= 0.3 is 0 Å². The van der Waals surface area contributed by atoms with Crippen LogP contribution in [0, 0.1) is 0 Å². The van der Waals surface area contributed by atoms with E-state index in [0.29, 0.717) is 6.61 Å². The molecule has 0 aliphatic heterocycles. The molecule has 1 atom stereocenters. The summed E-state index contributed by atoms with van der Waals surface area (Å²) >= 11 is 0. The Kier molecular flexibility index (Phi) is 5.14. The summed E-state index contributed by atoms with van der Waals surface area (Å²) in [5.74, 6) is 0. The van der Waals surface area contributed by atoms with Crippen molar-refractivity contribution in [2.45, 2.75) is 26.0 Å². The van der Waals surface area contributed by atoms with Crippen LogP contribution in [0.25, 0.3) is 0 Å². The van der Waals surface area contributed by atoms with Crippen molar-refractivity contribution in [2.24, 2.45) is 0 Å². The van der Waals surface area contributed by atoms with Gasteiger partial charge in [0.25, 0.3) is 0 Å². The highest BCUT2D eigenvalue weighted by atomic mass is 28.3. The minimum absolute atomic E-state index is 0.339. The summed E-state index contributed by atoms with van der Waals surface area (Å²) in [5, 5.41) is 8.94. The van der Waals surface area contributed by atoms with Gasteiger partial charge in [-0.25, -0.2) is 0 Å². The number of aliphatic hydroxyl groups is 1. The van der Waals surface area contributed by atoms with Crippen molar-refractivity contribution >= 4 is 16.3 Å². The Bertz CT molecular complexity index is 70.0. The van der Waals surface area contributed by atoms with Crippen LogP contribution in [0.3, 0.4) is 0 Å². The standard InChI is InChI=1S/C5H12BO2Si/c1-3-5(7)4-8-9(2)6/h5,7H,3-4H2,1-2H3. The van der Waals surface area contributed by atoms with Crippen LogP contribution in [-0.2, 0) is 4.43 Å². The SMILES string of the molecule is [B][Si](C)OCC(O)CC. The van der Waals surface area contributed by atoms with Crippen LogP contribution in [0.15, 0.2) is 0 Å². The van der Waals surface area contributed by atoms with Gasteiger partial charge in [-0.2, -0.15) is 0 Å². The van der Waals surface area contributed by atoms with Gasteiger partial charge in [0.1, 0.15) is 0 Å². The monoisotopic (exact) mass is 143 g/mol. The van der Waals surface area contributed by atoms with Crippen molar-refractivity contribution < 1.29 is 9.53 Å². The molecular weight excluding hydrogens is 131 g/mol. The molecule has 1 N–H and O–H groups in total. The average Bonchev–Trinajstić information content (AvgIpc) is 1.83. The summed E-state index contributed by atoms with van der Waals surface area (Å²) in [5.41, 5.74) is 0. The van der Waals surface area contributed by atoms with Crippen LogP contribution in [0.5, 0.6) is 0 Å². The quantitative estimate of drug-likeness (QED) is 0.564. The minimum atomic E-state index is -1.10. The first-order valence-electron chi connectivity index (χ1n) is 3.06. The Morgan fingerprint density at radius 3 is 2.67 bits per heavy atom. The van der Waals surface area contributed by atoms with Gasteiger partial charge in [-0.05, 0) is 6.42 Å². The van der Waals surface area contributed by atoms with E-state index in [9.17, 15) is 0 Å². The van der Waals surface area contributed by atoms with Gasteiger partial charge in [0.05, 0.1) is 20.1 Å². The summed E-state index contributed by atoms with van der Waals surface area (Å²) in [6.45, 7) is 4.14. The smallest absolute Gasteiger partial charge is 0.151 e. The first kappa shape index (κ1) is 9.20. The second-order valence-electron chi connectivity index (χ2n) is 1.98. The van der Waals surface area contributed by atoms with Crippen LogP contribution in [0.1, 0.15) is 13.3 Å². The average molecular weight is 143 g/mol. The third-order valence-corrected chi connectivity index (χ3v) is 1.60. The molecule has 3 radical (unpaired) electrons. The molecule has 0 spiro atoms. The molecule has 0 saturated heterocycles. The van der Waals surface area contributed by atoms with Crippen molar-refractivity contribution in [3.63, 3.8) is 0 Å². The highest BCUT2D eigenvalue weighted by molar-refractivity contribution is 6.98. The zero-order valence-corrected chi connectivity index (χ0v) is 6.92. The van der Waals surface area contributed by atoms with Crippen molar-refractivity contribution in [2.75, 3.05) is 6.61 Å². The highest BCUT2D eigenvalue weighted by Crippen LogP contribution is 1.90. The topological polar surface area (TPSA) is 29.5 Å². The number of rotatable bonds is 4. The molecule has 1 unspecified atom stereocenters.